The molecule has 0 aliphatic carbocycles. The van der Waals surface area contributed by atoms with Crippen LogP contribution >= 0.6 is 0 Å². The predicted molar refractivity (Wildman–Crippen MR) is 132 cm³/mol. The van der Waals surface area contributed by atoms with Crippen molar-refractivity contribution in [1.29, 1.82) is 0 Å². The summed E-state index contributed by atoms with van der Waals surface area (Å²) < 4.78 is 19.4. The van der Waals surface area contributed by atoms with Gasteiger partial charge in [0.2, 0.25) is 0 Å². The molecular formula is C27H26FN3O3. The summed E-state index contributed by atoms with van der Waals surface area (Å²) in [6, 6.07) is 18.6. The first-order valence-electron chi connectivity index (χ1n) is 10.9. The fraction of sp³-hybridized carbons (Fsp3) is 0.185. The molecule has 174 valence electrons. The van der Waals surface area contributed by atoms with E-state index in [-0.39, 0.29) is 24.3 Å². The van der Waals surface area contributed by atoms with Crippen LogP contribution in [0.3, 0.4) is 0 Å². The lowest BCUT2D eigenvalue weighted by Crippen LogP contribution is -2.36. The number of urea groups is 1. The molecule has 0 aliphatic rings. The highest BCUT2D eigenvalue weighted by molar-refractivity contribution is 5.89. The number of hydrogen-bond acceptors (Lipinski definition) is 3. The van der Waals surface area contributed by atoms with Crippen LogP contribution in [0.1, 0.15) is 22.3 Å². The summed E-state index contributed by atoms with van der Waals surface area (Å²) in [5, 5.41) is 3.55. The highest BCUT2D eigenvalue weighted by Gasteiger charge is 2.19. The molecule has 0 fully saturated rings. The maximum atomic E-state index is 14.2. The molecule has 0 spiro atoms. The third-order valence-electron chi connectivity index (χ3n) is 5.82. The normalized spacial score (nSPS) is 10.8. The molecule has 7 heteroatoms. The average molecular weight is 460 g/mol. The number of hydrogen-bond donors (Lipinski definition) is 2. The number of amides is 2. The molecule has 3 aromatic carbocycles. The average Bonchev–Trinajstić information content (AvgIpc) is 2.83. The lowest BCUT2D eigenvalue weighted by atomic mass is 10.0. The quantitative estimate of drug-likeness (QED) is 0.398. The first-order valence-corrected chi connectivity index (χ1v) is 10.9. The zero-order valence-electron chi connectivity index (χ0n) is 19.3. The number of nitrogens with zero attached hydrogens (tertiary/aromatic N) is 1. The van der Waals surface area contributed by atoms with Crippen molar-refractivity contribution < 1.29 is 13.9 Å². The second-order valence-corrected chi connectivity index (χ2v) is 8.23. The van der Waals surface area contributed by atoms with Gasteiger partial charge in [0.1, 0.15) is 11.6 Å². The standard InChI is InChI=1S/C27H26FN3O3/c1-17-8-9-18(2)25-22(17)14-20(26(32)30-25)16-31(15-19-10-12-21(34-3)13-11-19)27(33)29-24-7-5-4-6-23(24)28/h4-14H,15-16H2,1-3H3,(H,29,33)(H,30,32). The summed E-state index contributed by atoms with van der Waals surface area (Å²) in [6.45, 7) is 4.18. The van der Waals surface area contributed by atoms with Crippen LogP contribution in [0.15, 0.2) is 71.5 Å². The van der Waals surface area contributed by atoms with Gasteiger partial charge >= 0.3 is 6.03 Å². The van der Waals surface area contributed by atoms with E-state index in [4.69, 9.17) is 4.74 Å². The van der Waals surface area contributed by atoms with Crippen molar-refractivity contribution in [2.45, 2.75) is 26.9 Å². The predicted octanol–water partition coefficient (Wildman–Crippen LogP) is 5.53. The summed E-state index contributed by atoms with van der Waals surface area (Å²) in [7, 11) is 1.58. The van der Waals surface area contributed by atoms with E-state index in [1.54, 1.807) is 31.4 Å². The number of anilines is 1. The highest BCUT2D eigenvalue weighted by Crippen LogP contribution is 2.22. The number of aryl methyl sites for hydroxylation is 2. The number of nitrogens with one attached hydrogen (secondary N) is 2. The van der Waals surface area contributed by atoms with Gasteiger partial charge in [0.25, 0.3) is 5.56 Å². The van der Waals surface area contributed by atoms with Crippen molar-refractivity contribution in [3.8, 4) is 5.75 Å². The van der Waals surface area contributed by atoms with E-state index >= 15 is 0 Å². The van der Waals surface area contributed by atoms with Gasteiger partial charge in [0.15, 0.2) is 0 Å². The fourth-order valence-electron chi connectivity index (χ4n) is 3.85. The van der Waals surface area contributed by atoms with Gasteiger partial charge < -0.3 is 19.9 Å². The molecule has 0 saturated carbocycles. The van der Waals surface area contributed by atoms with Gasteiger partial charge in [0, 0.05) is 17.5 Å². The number of para-hydroxylation sites is 1. The molecule has 4 aromatic rings. The van der Waals surface area contributed by atoms with Crippen LogP contribution in [0.2, 0.25) is 0 Å². The van der Waals surface area contributed by atoms with Crippen molar-refractivity contribution in [1.82, 2.24) is 9.88 Å². The Morgan fingerprint density at radius 3 is 2.41 bits per heavy atom. The summed E-state index contributed by atoms with van der Waals surface area (Å²) >= 11 is 0. The van der Waals surface area contributed by atoms with Crippen LogP contribution in [0, 0.1) is 19.7 Å². The molecule has 0 radical (unpaired) electrons. The van der Waals surface area contributed by atoms with Gasteiger partial charge in [-0.2, -0.15) is 0 Å². The van der Waals surface area contributed by atoms with Crippen molar-refractivity contribution in [3.05, 3.63) is 105 Å². The minimum atomic E-state index is -0.533. The number of halogens is 1. The maximum Gasteiger partial charge on any atom is 0.322 e. The topological polar surface area (TPSA) is 74.4 Å². The molecular weight excluding hydrogens is 433 g/mol. The van der Waals surface area contributed by atoms with E-state index in [1.807, 2.05) is 44.2 Å². The molecule has 34 heavy (non-hydrogen) atoms. The molecule has 0 bridgehead atoms. The molecule has 2 amide bonds. The Labute approximate surface area is 197 Å². The van der Waals surface area contributed by atoms with E-state index in [9.17, 15) is 14.0 Å². The van der Waals surface area contributed by atoms with Crippen molar-refractivity contribution in [3.63, 3.8) is 0 Å². The molecule has 4 rings (SSSR count). The zero-order chi connectivity index (χ0) is 24.2. The molecule has 1 aromatic heterocycles. The number of fused-ring (bicyclic) bond motifs is 1. The number of methoxy groups -OCH3 is 1. The first kappa shape index (κ1) is 23.0. The minimum Gasteiger partial charge on any atom is -0.497 e. The van der Waals surface area contributed by atoms with E-state index in [0.29, 0.717) is 11.3 Å². The Bertz CT molecular complexity index is 1400. The van der Waals surface area contributed by atoms with Gasteiger partial charge in [-0.05, 0) is 60.9 Å². The zero-order valence-corrected chi connectivity index (χ0v) is 19.3. The molecule has 0 aliphatic heterocycles. The molecule has 2 N–H and O–H groups in total. The number of aromatic amines is 1. The number of H-pyrrole nitrogens is 1. The van der Waals surface area contributed by atoms with Crippen LogP contribution in [0.5, 0.6) is 5.75 Å². The number of rotatable bonds is 6. The first-order chi connectivity index (χ1) is 16.4. The SMILES string of the molecule is COc1ccc(CN(Cc2cc3c(C)ccc(C)c3[nH]c2=O)C(=O)Nc2ccccc2F)cc1. The fourth-order valence-corrected chi connectivity index (χ4v) is 3.85. The Hall–Kier alpha value is -4.13. The maximum absolute atomic E-state index is 14.2. The van der Waals surface area contributed by atoms with Crippen molar-refractivity contribution in [2.24, 2.45) is 0 Å². The Kier molecular flexibility index (Phi) is 6.63. The van der Waals surface area contributed by atoms with Crippen LogP contribution in [-0.4, -0.2) is 23.0 Å². The third-order valence-corrected chi connectivity index (χ3v) is 5.82. The molecule has 6 nitrogen and oxygen atoms in total. The molecule has 0 saturated heterocycles. The Morgan fingerprint density at radius 2 is 1.71 bits per heavy atom. The molecule has 0 atom stereocenters. The van der Waals surface area contributed by atoms with Gasteiger partial charge in [-0.1, -0.05) is 36.4 Å². The van der Waals surface area contributed by atoms with Crippen molar-refractivity contribution in [2.75, 3.05) is 12.4 Å². The summed E-state index contributed by atoms with van der Waals surface area (Å²) in [5.74, 6) is 0.165. The van der Waals surface area contributed by atoms with Crippen LogP contribution in [-0.2, 0) is 13.1 Å². The van der Waals surface area contributed by atoms with E-state index in [0.717, 1.165) is 27.6 Å². The summed E-state index contributed by atoms with van der Waals surface area (Å²) in [5.41, 5.74) is 3.87. The molecule has 1 heterocycles. The number of carbonyl (C=O) groups excluding carboxylic acids is 1. The Morgan fingerprint density at radius 1 is 1.00 bits per heavy atom. The van der Waals surface area contributed by atoms with Crippen LogP contribution in [0.4, 0.5) is 14.9 Å². The monoisotopic (exact) mass is 459 g/mol. The van der Waals surface area contributed by atoms with Crippen LogP contribution < -0.4 is 15.6 Å². The van der Waals surface area contributed by atoms with E-state index in [1.165, 1.54) is 17.0 Å². The van der Waals surface area contributed by atoms with Gasteiger partial charge in [-0.15, -0.1) is 0 Å². The number of ether oxygens (including phenoxy) is 1. The minimum absolute atomic E-state index is 0.0466. The van der Waals surface area contributed by atoms with Gasteiger partial charge in [0.05, 0.1) is 24.9 Å². The van der Waals surface area contributed by atoms with Crippen LogP contribution in [0.25, 0.3) is 10.9 Å². The second-order valence-electron chi connectivity index (χ2n) is 8.23. The van der Waals surface area contributed by atoms with Gasteiger partial charge in [-0.25, -0.2) is 9.18 Å². The smallest absolute Gasteiger partial charge is 0.322 e. The Balaban J connectivity index is 1.69. The number of pyridine rings is 1. The third kappa shape index (κ3) is 4.93. The molecule has 0 unspecified atom stereocenters. The second kappa shape index (κ2) is 9.79. The number of aromatic nitrogens is 1. The summed E-state index contributed by atoms with van der Waals surface area (Å²) in [4.78, 5) is 30.6. The largest absolute Gasteiger partial charge is 0.497 e. The highest BCUT2D eigenvalue weighted by atomic mass is 19.1. The van der Waals surface area contributed by atoms with Gasteiger partial charge in [-0.3, -0.25) is 4.79 Å². The lowest BCUT2D eigenvalue weighted by Gasteiger charge is -2.24. The van der Waals surface area contributed by atoms with Crippen molar-refractivity contribution >= 4 is 22.6 Å². The van der Waals surface area contributed by atoms with E-state index in [2.05, 4.69) is 10.3 Å². The lowest BCUT2D eigenvalue weighted by molar-refractivity contribution is 0.206. The summed E-state index contributed by atoms with van der Waals surface area (Å²) in [6.07, 6.45) is 0. The number of benzene rings is 3. The number of carbonyl (C=O) groups is 1. The van der Waals surface area contributed by atoms with E-state index < -0.39 is 11.8 Å².